The number of aromatic nitrogens is 1. The highest BCUT2D eigenvalue weighted by Crippen LogP contribution is 2.25. The summed E-state index contributed by atoms with van der Waals surface area (Å²) >= 11 is 5.11. The molecule has 0 aliphatic heterocycles. The van der Waals surface area contributed by atoms with Gasteiger partial charge in [0.05, 0.1) is 12.2 Å². The third-order valence-electron chi connectivity index (χ3n) is 2.60. The van der Waals surface area contributed by atoms with E-state index in [0.717, 1.165) is 21.7 Å². The summed E-state index contributed by atoms with van der Waals surface area (Å²) in [4.78, 5) is 15.1. The Morgan fingerprint density at radius 3 is 2.95 bits per heavy atom. The molecule has 110 valence electrons. The summed E-state index contributed by atoms with van der Waals surface area (Å²) in [6, 6.07) is 10.4. The van der Waals surface area contributed by atoms with Crippen molar-refractivity contribution in [2.75, 3.05) is 12.4 Å². The molecule has 0 aliphatic rings. The quantitative estimate of drug-likeness (QED) is 0.589. The predicted molar refractivity (Wildman–Crippen MR) is 86.2 cm³/mol. The van der Waals surface area contributed by atoms with Gasteiger partial charge in [0, 0.05) is 16.4 Å². The molecule has 0 fully saturated rings. The van der Waals surface area contributed by atoms with Gasteiger partial charge in [-0.15, -0.1) is 11.8 Å². The Balaban J connectivity index is 1.74. The zero-order chi connectivity index (χ0) is 15.1. The number of halogens is 1. The van der Waals surface area contributed by atoms with Crippen LogP contribution in [0.5, 0.6) is 5.75 Å². The first-order chi connectivity index (χ1) is 10.2. The number of hydrogen-bond acceptors (Lipinski definition) is 4. The van der Waals surface area contributed by atoms with Gasteiger partial charge in [-0.05, 0) is 52.7 Å². The van der Waals surface area contributed by atoms with E-state index < -0.39 is 5.97 Å². The minimum Gasteiger partial charge on any atom is -0.494 e. The smallest absolute Gasteiger partial charge is 0.335 e. The summed E-state index contributed by atoms with van der Waals surface area (Å²) in [7, 11) is 0. The van der Waals surface area contributed by atoms with E-state index in [1.165, 1.54) is 6.07 Å². The molecule has 0 spiro atoms. The highest BCUT2D eigenvalue weighted by Gasteiger charge is 2.04. The van der Waals surface area contributed by atoms with Crippen LogP contribution in [0.1, 0.15) is 16.8 Å². The fourth-order valence-electron chi connectivity index (χ4n) is 1.61. The fraction of sp³-hybridized carbons (Fsp3) is 0.200. The van der Waals surface area contributed by atoms with Crippen molar-refractivity contribution in [1.82, 2.24) is 4.98 Å². The Labute approximate surface area is 135 Å². The average molecular weight is 368 g/mol. The number of thioether (sulfide) groups is 1. The van der Waals surface area contributed by atoms with Crippen LogP contribution in [-0.2, 0) is 0 Å². The van der Waals surface area contributed by atoms with Crippen LogP contribution in [0.25, 0.3) is 0 Å². The van der Waals surface area contributed by atoms with Crippen molar-refractivity contribution in [2.24, 2.45) is 0 Å². The number of ether oxygens (including phenoxy) is 1. The van der Waals surface area contributed by atoms with E-state index in [-0.39, 0.29) is 5.56 Å². The summed E-state index contributed by atoms with van der Waals surface area (Å²) in [5, 5.41) is 9.86. The van der Waals surface area contributed by atoms with Crippen LogP contribution in [0, 0.1) is 0 Å². The zero-order valence-electron chi connectivity index (χ0n) is 11.2. The normalized spacial score (nSPS) is 10.3. The summed E-state index contributed by atoms with van der Waals surface area (Å²) in [5.41, 5.74) is 0.235. The zero-order valence-corrected chi connectivity index (χ0v) is 13.6. The first kappa shape index (κ1) is 15.9. The molecule has 6 heteroatoms. The Morgan fingerprint density at radius 1 is 1.33 bits per heavy atom. The van der Waals surface area contributed by atoms with Crippen LogP contribution in [0.2, 0.25) is 0 Å². The number of rotatable bonds is 7. The Morgan fingerprint density at radius 2 is 2.19 bits per heavy atom. The van der Waals surface area contributed by atoms with Crippen molar-refractivity contribution in [1.29, 1.82) is 0 Å². The summed E-state index contributed by atoms with van der Waals surface area (Å²) in [6.07, 6.45) is 2.62. The summed E-state index contributed by atoms with van der Waals surface area (Å²) < 4.78 is 6.55. The molecule has 1 heterocycles. The lowest BCUT2D eigenvalue weighted by atomic mass is 10.2. The van der Waals surface area contributed by atoms with Gasteiger partial charge in [0.2, 0.25) is 0 Å². The predicted octanol–water partition coefficient (Wildman–Crippen LogP) is 4.10. The first-order valence-electron chi connectivity index (χ1n) is 6.36. The lowest BCUT2D eigenvalue weighted by molar-refractivity contribution is 0.0696. The molecule has 2 rings (SSSR count). The number of nitrogens with zero attached hydrogens (tertiary/aromatic N) is 1. The highest BCUT2D eigenvalue weighted by atomic mass is 79.9. The van der Waals surface area contributed by atoms with Crippen molar-refractivity contribution < 1.29 is 14.6 Å². The average Bonchev–Trinajstić information content (AvgIpc) is 2.49. The second-order valence-corrected chi connectivity index (χ2v) is 6.11. The molecule has 0 bridgehead atoms. The standard InChI is InChI=1S/C15H14BrNO3S/c16-13-6-2-7-17-14(13)21-9-3-8-20-12-5-1-4-11(10-12)15(18)19/h1-2,4-7,10H,3,8-9H2,(H,18,19). The third-order valence-corrected chi connectivity index (χ3v) is 4.60. The van der Waals surface area contributed by atoms with Gasteiger partial charge in [0.15, 0.2) is 0 Å². The molecule has 21 heavy (non-hydrogen) atoms. The topological polar surface area (TPSA) is 59.4 Å². The van der Waals surface area contributed by atoms with E-state index in [9.17, 15) is 4.79 Å². The van der Waals surface area contributed by atoms with Gasteiger partial charge in [-0.2, -0.15) is 0 Å². The van der Waals surface area contributed by atoms with E-state index in [4.69, 9.17) is 9.84 Å². The van der Waals surface area contributed by atoms with Crippen LogP contribution in [0.4, 0.5) is 0 Å². The molecular formula is C15H14BrNO3S. The molecule has 4 nitrogen and oxygen atoms in total. The SMILES string of the molecule is O=C(O)c1cccc(OCCCSc2ncccc2Br)c1. The molecule has 0 unspecified atom stereocenters. The molecule has 0 amide bonds. The monoisotopic (exact) mass is 367 g/mol. The van der Waals surface area contributed by atoms with Gasteiger partial charge < -0.3 is 9.84 Å². The van der Waals surface area contributed by atoms with Crippen molar-refractivity contribution >= 4 is 33.7 Å². The van der Waals surface area contributed by atoms with Gasteiger partial charge in [0.25, 0.3) is 0 Å². The number of pyridine rings is 1. The van der Waals surface area contributed by atoms with Crippen LogP contribution in [0.3, 0.4) is 0 Å². The lowest BCUT2D eigenvalue weighted by Crippen LogP contribution is -2.01. The number of carboxylic acids is 1. The fourth-order valence-corrected chi connectivity index (χ4v) is 3.01. The van der Waals surface area contributed by atoms with E-state index in [2.05, 4.69) is 20.9 Å². The Kier molecular flexibility index (Phi) is 6.07. The van der Waals surface area contributed by atoms with Gasteiger partial charge in [-0.25, -0.2) is 9.78 Å². The van der Waals surface area contributed by atoms with Crippen molar-refractivity contribution in [3.63, 3.8) is 0 Å². The summed E-state index contributed by atoms with van der Waals surface area (Å²) in [6.45, 7) is 0.542. The number of hydrogen-bond donors (Lipinski definition) is 1. The summed E-state index contributed by atoms with van der Waals surface area (Å²) in [5.74, 6) is 0.517. The first-order valence-corrected chi connectivity index (χ1v) is 8.14. The number of benzene rings is 1. The molecule has 1 aromatic carbocycles. The number of carbonyl (C=O) groups is 1. The molecule has 0 atom stereocenters. The van der Waals surface area contributed by atoms with Crippen LogP contribution < -0.4 is 4.74 Å². The second kappa shape index (κ2) is 8.05. The van der Waals surface area contributed by atoms with Crippen LogP contribution in [0.15, 0.2) is 52.1 Å². The van der Waals surface area contributed by atoms with E-state index in [0.29, 0.717) is 12.4 Å². The molecular weight excluding hydrogens is 354 g/mol. The minimum absolute atomic E-state index is 0.235. The van der Waals surface area contributed by atoms with Gasteiger partial charge in [-0.1, -0.05) is 6.07 Å². The Bertz CT molecular complexity index is 621. The molecule has 0 saturated carbocycles. The molecule has 0 radical (unpaired) electrons. The molecule has 2 aromatic rings. The van der Waals surface area contributed by atoms with Crippen molar-refractivity contribution in [3.05, 3.63) is 52.6 Å². The number of aromatic carboxylic acids is 1. The second-order valence-electron chi connectivity index (χ2n) is 4.17. The third kappa shape index (κ3) is 5.06. The minimum atomic E-state index is -0.948. The van der Waals surface area contributed by atoms with Gasteiger partial charge >= 0.3 is 5.97 Å². The molecule has 1 aromatic heterocycles. The largest absolute Gasteiger partial charge is 0.494 e. The number of carboxylic acid groups (broad SMARTS) is 1. The lowest BCUT2D eigenvalue weighted by Gasteiger charge is -2.07. The van der Waals surface area contributed by atoms with Crippen LogP contribution in [-0.4, -0.2) is 28.4 Å². The highest BCUT2D eigenvalue weighted by molar-refractivity contribution is 9.10. The maximum absolute atomic E-state index is 10.8. The maximum Gasteiger partial charge on any atom is 0.335 e. The van der Waals surface area contributed by atoms with Crippen LogP contribution >= 0.6 is 27.7 Å². The van der Waals surface area contributed by atoms with Gasteiger partial charge in [0.1, 0.15) is 10.8 Å². The van der Waals surface area contributed by atoms with E-state index >= 15 is 0 Å². The van der Waals surface area contributed by atoms with E-state index in [1.54, 1.807) is 36.2 Å². The van der Waals surface area contributed by atoms with Crippen molar-refractivity contribution in [2.45, 2.75) is 11.4 Å². The van der Waals surface area contributed by atoms with E-state index in [1.807, 2.05) is 12.1 Å². The molecule has 0 saturated heterocycles. The maximum atomic E-state index is 10.8. The Hall–Kier alpha value is -1.53. The molecule has 0 aliphatic carbocycles. The van der Waals surface area contributed by atoms with Gasteiger partial charge in [-0.3, -0.25) is 0 Å². The molecule has 1 N–H and O–H groups in total. The van der Waals surface area contributed by atoms with Crippen molar-refractivity contribution in [3.8, 4) is 5.75 Å².